The van der Waals surface area contributed by atoms with E-state index in [1.165, 1.54) is 5.56 Å². The van der Waals surface area contributed by atoms with Crippen molar-refractivity contribution in [1.82, 2.24) is 4.90 Å². The van der Waals surface area contributed by atoms with Gasteiger partial charge in [-0.2, -0.15) is 0 Å². The van der Waals surface area contributed by atoms with Gasteiger partial charge in [0, 0.05) is 21.4 Å². The van der Waals surface area contributed by atoms with Gasteiger partial charge in [0.1, 0.15) is 5.37 Å². The third kappa shape index (κ3) is 2.86. The number of hydrogen-bond donors (Lipinski definition) is 0. The van der Waals surface area contributed by atoms with Crippen LogP contribution in [0.2, 0.25) is 0 Å². The van der Waals surface area contributed by atoms with Crippen molar-refractivity contribution in [2.45, 2.75) is 5.37 Å². The molecule has 1 saturated heterocycles. The first kappa shape index (κ1) is 13.9. The van der Waals surface area contributed by atoms with Crippen LogP contribution >= 0.6 is 34.4 Å². The van der Waals surface area contributed by atoms with Crippen LogP contribution in [0.15, 0.2) is 54.6 Å². The smallest absolute Gasteiger partial charge is 0.255 e. The highest BCUT2D eigenvalue weighted by Crippen LogP contribution is 2.38. The maximum Gasteiger partial charge on any atom is 0.255 e. The van der Waals surface area contributed by atoms with Gasteiger partial charge in [0.25, 0.3) is 5.91 Å². The molecule has 1 aliphatic rings. The third-order valence-electron chi connectivity index (χ3n) is 3.33. The molecule has 1 atom stereocenters. The second kappa shape index (κ2) is 6.18. The molecule has 0 bridgehead atoms. The molecule has 1 heterocycles. The van der Waals surface area contributed by atoms with E-state index < -0.39 is 0 Å². The zero-order valence-electron chi connectivity index (χ0n) is 10.8. The van der Waals surface area contributed by atoms with E-state index in [9.17, 15) is 4.79 Å². The predicted molar refractivity (Wildman–Crippen MR) is 91.8 cm³/mol. The quantitative estimate of drug-likeness (QED) is 0.712. The molecule has 0 saturated carbocycles. The molecule has 1 fully saturated rings. The minimum Gasteiger partial charge on any atom is -0.322 e. The number of halogens is 1. The van der Waals surface area contributed by atoms with E-state index in [4.69, 9.17) is 0 Å². The molecule has 0 aliphatic carbocycles. The summed E-state index contributed by atoms with van der Waals surface area (Å²) in [5.74, 6) is 1.12. The van der Waals surface area contributed by atoms with Crippen LogP contribution in [0.1, 0.15) is 21.3 Å². The van der Waals surface area contributed by atoms with Crippen molar-refractivity contribution in [3.8, 4) is 0 Å². The van der Waals surface area contributed by atoms with Gasteiger partial charge in [-0.3, -0.25) is 4.79 Å². The monoisotopic (exact) mass is 395 g/mol. The fourth-order valence-electron chi connectivity index (χ4n) is 2.33. The van der Waals surface area contributed by atoms with Crippen LogP contribution in [-0.2, 0) is 0 Å². The van der Waals surface area contributed by atoms with E-state index in [-0.39, 0.29) is 11.3 Å². The van der Waals surface area contributed by atoms with Gasteiger partial charge in [-0.15, -0.1) is 11.8 Å². The van der Waals surface area contributed by atoms with E-state index in [1.807, 2.05) is 59.1 Å². The molecule has 3 rings (SSSR count). The lowest BCUT2D eigenvalue weighted by Crippen LogP contribution is -2.30. The number of rotatable bonds is 2. The molecule has 1 unspecified atom stereocenters. The molecule has 2 aromatic rings. The summed E-state index contributed by atoms with van der Waals surface area (Å²) < 4.78 is 1.15. The standard InChI is InChI=1S/C16H14INOS/c17-14-8-6-12(7-9-14)15(19)18-10-11-20-16(18)13-4-2-1-3-5-13/h1-9,16H,10-11H2. The molecule has 0 N–H and O–H groups in total. The maximum atomic E-state index is 12.7. The number of carbonyl (C=O) groups excluding carboxylic acids is 1. The van der Waals surface area contributed by atoms with Crippen LogP contribution in [0.5, 0.6) is 0 Å². The number of hydrogen-bond acceptors (Lipinski definition) is 2. The molecule has 2 nitrogen and oxygen atoms in total. The minimum absolute atomic E-state index is 0.125. The second-order valence-corrected chi connectivity index (χ2v) is 7.07. The normalized spacial score (nSPS) is 18.2. The van der Waals surface area contributed by atoms with Gasteiger partial charge in [-0.25, -0.2) is 0 Å². The highest BCUT2D eigenvalue weighted by atomic mass is 127. The van der Waals surface area contributed by atoms with Gasteiger partial charge >= 0.3 is 0 Å². The molecule has 102 valence electrons. The largest absolute Gasteiger partial charge is 0.322 e. The van der Waals surface area contributed by atoms with Crippen LogP contribution in [0.3, 0.4) is 0 Å². The summed E-state index contributed by atoms with van der Waals surface area (Å²) in [5.41, 5.74) is 1.97. The Morgan fingerprint density at radius 1 is 1.10 bits per heavy atom. The van der Waals surface area contributed by atoms with E-state index in [2.05, 4.69) is 34.7 Å². The van der Waals surface area contributed by atoms with Crippen molar-refractivity contribution < 1.29 is 4.79 Å². The van der Waals surface area contributed by atoms with Crippen molar-refractivity contribution in [2.24, 2.45) is 0 Å². The molecule has 20 heavy (non-hydrogen) atoms. The fraction of sp³-hybridized carbons (Fsp3) is 0.188. The highest BCUT2D eigenvalue weighted by Gasteiger charge is 2.30. The zero-order valence-corrected chi connectivity index (χ0v) is 13.8. The summed E-state index contributed by atoms with van der Waals surface area (Å²) in [5, 5.41) is 0.142. The van der Waals surface area contributed by atoms with Gasteiger partial charge in [0.2, 0.25) is 0 Å². The number of carbonyl (C=O) groups is 1. The zero-order chi connectivity index (χ0) is 13.9. The van der Waals surface area contributed by atoms with Gasteiger partial charge < -0.3 is 4.90 Å². The predicted octanol–water partition coefficient (Wildman–Crippen LogP) is 4.18. The van der Waals surface area contributed by atoms with E-state index >= 15 is 0 Å². The van der Waals surface area contributed by atoms with Crippen molar-refractivity contribution in [1.29, 1.82) is 0 Å². The summed E-state index contributed by atoms with van der Waals surface area (Å²) in [6.07, 6.45) is 0. The van der Waals surface area contributed by atoms with Crippen molar-refractivity contribution in [3.63, 3.8) is 0 Å². The molecular formula is C16H14INOS. The molecule has 1 aliphatic heterocycles. The van der Waals surface area contributed by atoms with Crippen LogP contribution in [-0.4, -0.2) is 23.1 Å². The average Bonchev–Trinajstić information content (AvgIpc) is 2.97. The summed E-state index contributed by atoms with van der Waals surface area (Å²) >= 11 is 4.09. The first-order valence-electron chi connectivity index (χ1n) is 6.49. The Morgan fingerprint density at radius 2 is 1.80 bits per heavy atom. The molecule has 1 amide bonds. The average molecular weight is 395 g/mol. The summed E-state index contributed by atoms with van der Waals surface area (Å²) in [4.78, 5) is 14.6. The minimum atomic E-state index is 0.125. The van der Waals surface area contributed by atoms with Gasteiger partial charge in [-0.1, -0.05) is 30.3 Å². The number of thioether (sulfide) groups is 1. The van der Waals surface area contributed by atoms with E-state index in [1.54, 1.807) is 0 Å². The first-order chi connectivity index (χ1) is 9.75. The molecule has 0 spiro atoms. The third-order valence-corrected chi connectivity index (χ3v) is 5.31. The Hall–Kier alpha value is -1.01. The lowest BCUT2D eigenvalue weighted by Gasteiger charge is -2.24. The van der Waals surface area contributed by atoms with Crippen molar-refractivity contribution >= 4 is 40.3 Å². The fourth-order valence-corrected chi connectivity index (χ4v) is 3.95. The lowest BCUT2D eigenvalue weighted by atomic mass is 10.1. The maximum absolute atomic E-state index is 12.7. The molecule has 2 aromatic carbocycles. The Balaban J connectivity index is 1.85. The number of nitrogens with zero attached hydrogens (tertiary/aromatic N) is 1. The van der Waals surface area contributed by atoms with Crippen molar-refractivity contribution in [3.05, 3.63) is 69.3 Å². The Kier molecular flexibility index (Phi) is 4.31. The molecule has 0 aromatic heterocycles. The number of amides is 1. The van der Waals surface area contributed by atoms with Gasteiger partial charge in [0.15, 0.2) is 0 Å². The summed E-state index contributed by atoms with van der Waals surface area (Å²) in [7, 11) is 0. The van der Waals surface area contributed by atoms with Crippen LogP contribution < -0.4 is 0 Å². The molecule has 4 heteroatoms. The second-order valence-electron chi connectivity index (χ2n) is 4.64. The topological polar surface area (TPSA) is 20.3 Å². The SMILES string of the molecule is O=C(c1ccc(I)cc1)N1CCSC1c1ccccc1. The van der Waals surface area contributed by atoms with E-state index in [0.29, 0.717) is 0 Å². The summed E-state index contributed by atoms with van der Waals surface area (Å²) in [6, 6.07) is 18.0. The molecular weight excluding hydrogens is 381 g/mol. The van der Waals surface area contributed by atoms with Gasteiger partial charge in [0.05, 0.1) is 0 Å². The Bertz CT molecular complexity index is 600. The van der Waals surface area contributed by atoms with Crippen LogP contribution in [0, 0.1) is 3.57 Å². The van der Waals surface area contributed by atoms with Crippen molar-refractivity contribution in [2.75, 3.05) is 12.3 Å². The number of benzene rings is 2. The van der Waals surface area contributed by atoms with E-state index in [0.717, 1.165) is 21.4 Å². The van der Waals surface area contributed by atoms with Crippen LogP contribution in [0.4, 0.5) is 0 Å². The van der Waals surface area contributed by atoms with Crippen LogP contribution in [0.25, 0.3) is 0 Å². The molecule has 0 radical (unpaired) electrons. The first-order valence-corrected chi connectivity index (χ1v) is 8.61. The highest BCUT2D eigenvalue weighted by molar-refractivity contribution is 14.1. The Labute approximate surface area is 136 Å². The Morgan fingerprint density at radius 3 is 2.50 bits per heavy atom. The lowest BCUT2D eigenvalue weighted by molar-refractivity contribution is 0.0760. The summed E-state index contributed by atoms with van der Waals surface area (Å²) in [6.45, 7) is 0.815. The van der Waals surface area contributed by atoms with Gasteiger partial charge in [-0.05, 0) is 52.4 Å².